The fraction of sp³-hybridized carbons (Fsp3) is 0.0500. The molecule has 0 aliphatic heterocycles. The standard InChI is InChI=1S/C40H34P2/c1-7-21-35(22-8-1)41(36-23-9-2-10-24-36,37-25-11-3-12-26-37)33-19-20-34-42(38-27-13-4-14-28-38,39-29-15-5-16-30-39)40-31-17-6-18-32-40/h1-18,21-32H,33-34H2/q+2. The third kappa shape index (κ3) is 5.48. The molecular formula is C40H34P2+2. The van der Waals surface area contributed by atoms with Crippen LogP contribution in [0.15, 0.2) is 182 Å². The van der Waals surface area contributed by atoms with Crippen molar-refractivity contribution in [1.82, 2.24) is 0 Å². The normalized spacial score (nSPS) is 11.3. The molecule has 0 aliphatic rings. The summed E-state index contributed by atoms with van der Waals surface area (Å²) in [7, 11) is -4.02. The minimum atomic E-state index is -2.01. The van der Waals surface area contributed by atoms with Crippen molar-refractivity contribution in [3.63, 3.8) is 0 Å². The fourth-order valence-electron chi connectivity index (χ4n) is 5.89. The van der Waals surface area contributed by atoms with E-state index in [2.05, 4.69) is 194 Å². The Bertz CT molecular complexity index is 1420. The lowest BCUT2D eigenvalue weighted by Gasteiger charge is -2.26. The van der Waals surface area contributed by atoms with Crippen molar-refractivity contribution in [1.29, 1.82) is 0 Å². The van der Waals surface area contributed by atoms with E-state index in [-0.39, 0.29) is 0 Å². The summed E-state index contributed by atoms with van der Waals surface area (Å²) in [4.78, 5) is 0. The lowest BCUT2D eigenvalue weighted by Crippen LogP contribution is -2.33. The van der Waals surface area contributed by atoms with Crippen molar-refractivity contribution >= 4 is 46.4 Å². The predicted octanol–water partition coefficient (Wildman–Crippen LogP) is 6.98. The average molecular weight is 577 g/mol. The molecule has 6 aromatic carbocycles. The molecule has 0 unspecified atom stereocenters. The first-order chi connectivity index (χ1) is 20.8. The first kappa shape index (κ1) is 27.9. The lowest BCUT2D eigenvalue weighted by molar-refractivity contribution is 1.67. The lowest BCUT2D eigenvalue weighted by atomic mass is 10.4. The Balaban J connectivity index is 1.50. The maximum atomic E-state index is 3.81. The van der Waals surface area contributed by atoms with Gasteiger partial charge in [-0.05, 0) is 72.8 Å². The minimum Gasteiger partial charge on any atom is -0.0620 e. The highest BCUT2D eigenvalue weighted by molar-refractivity contribution is 7.96. The minimum absolute atomic E-state index is 0.795. The second-order valence-corrected chi connectivity index (χ2v) is 17.3. The van der Waals surface area contributed by atoms with Crippen molar-refractivity contribution in [2.45, 2.75) is 0 Å². The van der Waals surface area contributed by atoms with Crippen LogP contribution in [0.5, 0.6) is 0 Å². The molecule has 0 saturated carbocycles. The Kier molecular flexibility index (Phi) is 8.73. The van der Waals surface area contributed by atoms with Gasteiger partial charge in [0.25, 0.3) is 0 Å². The Morgan fingerprint density at radius 1 is 0.262 bits per heavy atom. The molecule has 0 radical (unpaired) electrons. The Morgan fingerprint density at radius 3 is 0.595 bits per heavy atom. The van der Waals surface area contributed by atoms with Crippen LogP contribution in [0.3, 0.4) is 0 Å². The summed E-state index contributed by atoms with van der Waals surface area (Å²) in [6, 6.07) is 66.2. The van der Waals surface area contributed by atoms with Crippen LogP contribution in [-0.2, 0) is 0 Å². The number of hydrogen-bond acceptors (Lipinski definition) is 0. The SMILES string of the molecule is C(#CC[P+](c1ccccc1)(c1ccccc1)c1ccccc1)C[P+](c1ccccc1)(c1ccccc1)c1ccccc1. The molecule has 0 saturated heterocycles. The Morgan fingerprint density at radius 2 is 0.429 bits per heavy atom. The van der Waals surface area contributed by atoms with E-state index in [0.717, 1.165) is 12.3 Å². The average Bonchev–Trinajstić information content (AvgIpc) is 3.09. The summed E-state index contributed by atoms with van der Waals surface area (Å²) in [5, 5.41) is 8.21. The van der Waals surface area contributed by atoms with E-state index in [1.807, 2.05) is 0 Å². The summed E-state index contributed by atoms with van der Waals surface area (Å²) in [5.74, 6) is 7.63. The summed E-state index contributed by atoms with van der Waals surface area (Å²) in [6.45, 7) is 0. The van der Waals surface area contributed by atoms with Crippen LogP contribution in [0.4, 0.5) is 0 Å². The molecule has 6 aromatic rings. The molecular weight excluding hydrogens is 542 g/mol. The third-order valence-electron chi connectivity index (χ3n) is 7.94. The Hall–Kier alpha value is -4.26. The second kappa shape index (κ2) is 13.1. The summed E-state index contributed by atoms with van der Waals surface area (Å²) >= 11 is 0. The van der Waals surface area contributed by atoms with Crippen LogP contribution in [-0.4, -0.2) is 12.3 Å². The van der Waals surface area contributed by atoms with Crippen LogP contribution >= 0.6 is 14.5 Å². The van der Waals surface area contributed by atoms with Gasteiger partial charge in [0.2, 0.25) is 0 Å². The van der Waals surface area contributed by atoms with Gasteiger partial charge in [0.15, 0.2) is 0 Å². The van der Waals surface area contributed by atoms with Crippen molar-refractivity contribution in [3.8, 4) is 11.8 Å². The van der Waals surface area contributed by atoms with Crippen molar-refractivity contribution in [2.75, 3.05) is 12.3 Å². The van der Waals surface area contributed by atoms with Gasteiger partial charge in [-0.3, -0.25) is 0 Å². The molecule has 0 aromatic heterocycles. The van der Waals surface area contributed by atoms with E-state index >= 15 is 0 Å². The first-order valence-corrected chi connectivity index (χ1v) is 18.3. The van der Waals surface area contributed by atoms with Crippen molar-refractivity contribution < 1.29 is 0 Å². The molecule has 42 heavy (non-hydrogen) atoms. The van der Waals surface area contributed by atoms with E-state index in [4.69, 9.17) is 0 Å². The predicted molar refractivity (Wildman–Crippen MR) is 188 cm³/mol. The highest BCUT2D eigenvalue weighted by Crippen LogP contribution is 2.56. The molecule has 0 heterocycles. The van der Waals surface area contributed by atoms with Gasteiger partial charge in [-0.25, -0.2) is 0 Å². The van der Waals surface area contributed by atoms with Crippen LogP contribution in [0.1, 0.15) is 0 Å². The smallest absolute Gasteiger partial charge is 0.0620 e. The maximum absolute atomic E-state index is 3.81. The van der Waals surface area contributed by atoms with Gasteiger partial charge in [0, 0.05) is 0 Å². The summed E-state index contributed by atoms with van der Waals surface area (Å²) in [5.41, 5.74) is 0. The number of hydrogen-bond donors (Lipinski definition) is 0. The molecule has 0 bridgehead atoms. The highest BCUT2D eigenvalue weighted by atomic mass is 31.2. The zero-order valence-electron chi connectivity index (χ0n) is 23.6. The van der Waals surface area contributed by atoms with Crippen LogP contribution in [0.25, 0.3) is 0 Å². The fourth-order valence-corrected chi connectivity index (χ4v) is 13.6. The molecule has 0 fully saturated rings. The maximum Gasteiger partial charge on any atom is 0.133 e. The van der Waals surface area contributed by atoms with Crippen LogP contribution < -0.4 is 31.8 Å². The quantitative estimate of drug-likeness (QED) is 0.136. The van der Waals surface area contributed by atoms with Crippen molar-refractivity contribution in [2.24, 2.45) is 0 Å². The molecule has 0 nitrogen and oxygen atoms in total. The molecule has 0 aliphatic carbocycles. The summed E-state index contributed by atoms with van der Waals surface area (Å²) in [6.07, 6.45) is 1.59. The van der Waals surface area contributed by atoms with Gasteiger partial charge in [0.1, 0.15) is 58.7 Å². The van der Waals surface area contributed by atoms with E-state index in [0.29, 0.717) is 0 Å². The summed E-state index contributed by atoms with van der Waals surface area (Å²) < 4.78 is 0. The van der Waals surface area contributed by atoms with Gasteiger partial charge in [0.05, 0.1) is 0 Å². The molecule has 0 atom stereocenters. The van der Waals surface area contributed by atoms with Crippen molar-refractivity contribution in [3.05, 3.63) is 182 Å². The van der Waals surface area contributed by atoms with E-state index in [1.54, 1.807) is 0 Å². The second-order valence-electron chi connectivity index (χ2n) is 10.3. The van der Waals surface area contributed by atoms with Gasteiger partial charge in [-0.2, -0.15) is 0 Å². The zero-order chi connectivity index (χ0) is 28.5. The number of benzene rings is 6. The van der Waals surface area contributed by atoms with E-state index in [1.165, 1.54) is 31.8 Å². The van der Waals surface area contributed by atoms with Gasteiger partial charge < -0.3 is 0 Å². The molecule has 0 amide bonds. The van der Waals surface area contributed by atoms with Gasteiger partial charge in [-0.1, -0.05) is 121 Å². The molecule has 6 rings (SSSR count). The van der Waals surface area contributed by atoms with E-state index in [9.17, 15) is 0 Å². The monoisotopic (exact) mass is 576 g/mol. The third-order valence-corrected chi connectivity index (χ3v) is 16.3. The molecule has 2 heteroatoms. The topological polar surface area (TPSA) is 0 Å². The van der Waals surface area contributed by atoms with Gasteiger partial charge >= 0.3 is 0 Å². The van der Waals surface area contributed by atoms with Crippen LogP contribution in [0, 0.1) is 11.8 Å². The van der Waals surface area contributed by atoms with E-state index < -0.39 is 14.5 Å². The zero-order valence-corrected chi connectivity index (χ0v) is 25.4. The molecule has 0 N–H and O–H groups in total. The Labute approximate surface area is 251 Å². The van der Waals surface area contributed by atoms with Gasteiger partial charge in [-0.15, -0.1) is 0 Å². The molecule has 0 spiro atoms. The number of rotatable bonds is 8. The molecule has 202 valence electrons. The van der Waals surface area contributed by atoms with Crippen LogP contribution in [0.2, 0.25) is 0 Å². The largest absolute Gasteiger partial charge is 0.133 e. The highest BCUT2D eigenvalue weighted by Gasteiger charge is 2.46. The first-order valence-electron chi connectivity index (χ1n) is 14.4.